The maximum Gasteiger partial charge on any atom is 0.259 e. The quantitative estimate of drug-likeness (QED) is 0.780. The van der Waals surface area contributed by atoms with E-state index in [0.29, 0.717) is 16.4 Å². The number of pyridine rings is 1. The average Bonchev–Trinajstić information content (AvgIpc) is 3.17. The first-order valence-electron chi connectivity index (χ1n) is 8.17. The lowest BCUT2D eigenvalue weighted by atomic mass is 10.0. The van der Waals surface area contributed by atoms with Gasteiger partial charge in [-0.1, -0.05) is 19.0 Å². The number of aryl methyl sites for hydroxylation is 2. The second kappa shape index (κ2) is 5.98. The Balaban J connectivity index is 1.61. The van der Waals surface area contributed by atoms with Crippen molar-refractivity contribution in [3.63, 3.8) is 0 Å². The Bertz CT molecular complexity index is 889. The van der Waals surface area contributed by atoms with Gasteiger partial charge in [-0.15, -0.1) is 11.3 Å². The zero-order chi connectivity index (χ0) is 16.7. The average molecular weight is 342 g/mol. The molecule has 0 unspecified atom stereocenters. The van der Waals surface area contributed by atoms with Crippen molar-refractivity contribution < 1.29 is 9.32 Å². The zero-order valence-electron chi connectivity index (χ0n) is 13.6. The van der Waals surface area contributed by atoms with Crippen molar-refractivity contribution in [1.82, 2.24) is 15.1 Å². The third-order valence-electron chi connectivity index (χ3n) is 4.23. The summed E-state index contributed by atoms with van der Waals surface area (Å²) in [5, 5.41) is 8.40. The lowest BCUT2D eigenvalue weighted by Crippen LogP contribution is -2.12. The molecule has 1 aliphatic carbocycles. The topological polar surface area (TPSA) is 80.9 Å². The minimum atomic E-state index is -0.202. The number of carbonyl (C=O) groups excluding carboxylic acids is 1. The van der Waals surface area contributed by atoms with Crippen molar-refractivity contribution >= 4 is 33.5 Å². The molecule has 3 heterocycles. The van der Waals surface area contributed by atoms with Crippen molar-refractivity contribution in [2.24, 2.45) is 0 Å². The predicted molar refractivity (Wildman–Crippen MR) is 92.6 cm³/mol. The van der Waals surface area contributed by atoms with E-state index in [0.717, 1.165) is 29.6 Å². The van der Waals surface area contributed by atoms with Gasteiger partial charge in [0.1, 0.15) is 0 Å². The molecule has 7 heteroatoms. The SMILES string of the molecule is CC(C)c1noc2ncc(C(=O)Nc3nc4c(s3)CCCC4)cc12. The number of thiazole rings is 1. The van der Waals surface area contributed by atoms with Crippen LogP contribution in [0.5, 0.6) is 0 Å². The molecule has 0 radical (unpaired) electrons. The number of nitrogens with zero attached hydrogens (tertiary/aromatic N) is 3. The van der Waals surface area contributed by atoms with Gasteiger partial charge < -0.3 is 4.52 Å². The summed E-state index contributed by atoms with van der Waals surface area (Å²) in [6.45, 7) is 4.06. The molecule has 3 aromatic heterocycles. The Hall–Kier alpha value is -2.28. The van der Waals surface area contributed by atoms with Gasteiger partial charge in [-0.3, -0.25) is 10.1 Å². The Morgan fingerprint density at radius 3 is 2.96 bits per heavy atom. The first-order chi connectivity index (χ1) is 11.6. The minimum Gasteiger partial charge on any atom is -0.336 e. The van der Waals surface area contributed by atoms with E-state index in [1.54, 1.807) is 17.4 Å². The van der Waals surface area contributed by atoms with E-state index in [1.807, 2.05) is 13.8 Å². The molecular weight excluding hydrogens is 324 g/mol. The third-order valence-corrected chi connectivity index (χ3v) is 5.31. The Labute approximate surface area is 143 Å². The predicted octanol–water partition coefficient (Wildman–Crippen LogP) is 3.93. The maximum absolute atomic E-state index is 12.5. The molecule has 0 aromatic carbocycles. The fourth-order valence-corrected chi connectivity index (χ4v) is 4.01. The number of rotatable bonds is 3. The van der Waals surface area contributed by atoms with Gasteiger partial charge in [0.15, 0.2) is 5.13 Å². The van der Waals surface area contributed by atoms with Gasteiger partial charge in [-0.05, 0) is 37.7 Å². The van der Waals surface area contributed by atoms with Crippen LogP contribution in [0.15, 0.2) is 16.8 Å². The molecule has 4 rings (SSSR count). The summed E-state index contributed by atoms with van der Waals surface area (Å²) < 4.78 is 5.22. The fourth-order valence-electron chi connectivity index (χ4n) is 2.97. The molecule has 0 saturated heterocycles. The van der Waals surface area contributed by atoms with Crippen molar-refractivity contribution in [1.29, 1.82) is 0 Å². The number of hydrogen-bond acceptors (Lipinski definition) is 6. The fraction of sp³-hybridized carbons (Fsp3) is 0.412. The highest BCUT2D eigenvalue weighted by molar-refractivity contribution is 7.15. The monoisotopic (exact) mass is 342 g/mol. The Morgan fingerprint density at radius 2 is 2.17 bits per heavy atom. The molecule has 0 saturated carbocycles. The number of amides is 1. The number of aromatic nitrogens is 3. The summed E-state index contributed by atoms with van der Waals surface area (Å²) in [6.07, 6.45) is 5.97. The Morgan fingerprint density at radius 1 is 1.33 bits per heavy atom. The molecule has 3 aromatic rings. The molecule has 0 aliphatic heterocycles. The van der Waals surface area contributed by atoms with Gasteiger partial charge in [-0.25, -0.2) is 9.97 Å². The van der Waals surface area contributed by atoms with Crippen LogP contribution in [0, 0.1) is 0 Å². The van der Waals surface area contributed by atoms with E-state index < -0.39 is 0 Å². The van der Waals surface area contributed by atoms with E-state index in [9.17, 15) is 4.79 Å². The maximum atomic E-state index is 12.5. The van der Waals surface area contributed by atoms with Crippen LogP contribution < -0.4 is 5.32 Å². The van der Waals surface area contributed by atoms with Crippen molar-refractivity contribution in [2.75, 3.05) is 5.32 Å². The van der Waals surface area contributed by atoms with Crippen LogP contribution in [0.3, 0.4) is 0 Å². The first-order valence-corrected chi connectivity index (χ1v) is 8.98. The highest BCUT2D eigenvalue weighted by atomic mass is 32.1. The summed E-state index contributed by atoms with van der Waals surface area (Å²) in [7, 11) is 0. The largest absolute Gasteiger partial charge is 0.336 e. The summed E-state index contributed by atoms with van der Waals surface area (Å²) in [6, 6.07) is 1.79. The molecule has 1 N–H and O–H groups in total. The molecule has 0 bridgehead atoms. The molecule has 24 heavy (non-hydrogen) atoms. The normalized spacial score (nSPS) is 14.1. The van der Waals surface area contributed by atoms with Crippen LogP contribution in [0.4, 0.5) is 5.13 Å². The van der Waals surface area contributed by atoms with Crippen molar-refractivity contribution in [2.45, 2.75) is 45.4 Å². The Kier molecular flexibility index (Phi) is 3.80. The number of carbonyl (C=O) groups is 1. The molecule has 0 atom stereocenters. The van der Waals surface area contributed by atoms with Crippen LogP contribution in [-0.4, -0.2) is 21.0 Å². The summed E-state index contributed by atoms with van der Waals surface area (Å²) in [5.74, 6) is 0.00320. The highest BCUT2D eigenvalue weighted by Gasteiger charge is 2.19. The molecular formula is C17H18N4O2S. The summed E-state index contributed by atoms with van der Waals surface area (Å²) in [4.78, 5) is 22.6. The van der Waals surface area contributed by atoms with Crippen molar-refractivity contribution in [3.05, 3.63) is 34.1 Å². The van der Waals surface area contributed by atoms with Gasteiger partial charge in [0.2, 0.25) is 0 Å². The third kappa shape index (κ3) is 2.69. The van der Waals surface area contributed by atoms with Crippen LogP contribution in [-0.2, 0) is 12.8 Å². The summed E-state index contributed by atoms with van der Waals surface area (Å²) >= 11 is 1.58. The lowest BCUT2D eigenvalue weighted by molar-refractivity contribution is 0.102. The molecule has 0 fully saturated rings. The highest BCUT2D eigenvalue weighted by Crippen LogP contribution is 2.30. The van der Waals surface area contributed by atoms with Gasteiger partial charge >= 0.3 is 0 Å². The van der Waals surface area contributed by atoms with Crippen LogP contribution in [0.1, 0.15) is 59.2 Å². The number of hydrogen-bond donors (Lipinski definition) is 1. The van der Waals surface area contributed by atoms with E-state index in [2.05, 4.69) is 20.4 Å². The van der Waals surface area contributed by atoms with E-state index in [1.165, 1.54) is 23.9 Å². The number of nitrogens with one attached hydrogen (secondary N) is 1. The van der Waals surface area contributed by atoms with E-state index in [-0.39, 0.29) is 11.8 Å². The first kappa shape index (κ1) is 15.3. The zero-order valence-corrected chi connectivity index (χ0v) is 14.4. The molecule has 1 amide bonds. The van der Waals surface area contributed by atoms with Gasteiger partial charge in [0, 0.05) is 11.1 Å². The minimum absolute atomic E-state index is 0.202. The molecule has 6 nitrogen and oxygen atoms in total. The van der Waals surface area contributed by atoms with Crippen molar-refractivity contribution in [3.8, 4) is 0 Å². The van der Waals surface area contributed by atoms with Gasteiger partial charge in [0.05, 0.1) is 22.3 Å². The standard InChI is InChI=1S/C17H18N4O2S/c1-9(2)14-11-7-10(8-18-16(11)23-21-14)15(22)20-17-19-12-5-3-4-6-13(12)24-17/h7-9H,3-6H2,1-2H3,(H,19,20,22). The molecule has 0 spiro atoms. The number of anilines is 1. The second-order valence-corrected chi connectivity index (χ2v) is 7.43. The smallest absolute Gasteiger partial charge is 0.259 e. The van der Waals surface area contributed by atoms with E-state index in [4.69, 9.17) is 4.52 Å². The number of fused-ring (bicyclic) bond motifs is 2. The summed E-state index contributed by atoms with van der Waals surface area (Å²) in [5.41, 5.74) is 2.90. The van der Waals surface area contributed by atoms with Crippen LogP contribution in [0.25, 0.3) is 11.1 Å². The molecule has 1 aliphatic rings. The van der Waals surface area contributed by atoms with Crippen LogP contribution in [0.2, 0.25) is 0 Å². The van der Waals surface area contributed by atoms with E-state index >= 15 is 0 Å². The lowest BCUT2D eigenvalue weighted by Gasteiger charge is -2.06. The molecule has 124 valence electrons. The second-order valence-electron chi connectivity index (χ2n) is 6.35. The van der Waals surface area contributed by atoms with Gasteiger partial charge in [-0.2, -0.15) is 0 Å². The van der Waals surface area contributed by atoms with Crippen LogP contribution >= 0.6 is 11.3 Å². The van der Waals surface area contributed by atoms with Gasteiger partial charge in [0.25, 0.3) is 11.6 Å².